The molecule has 220 valence electrons. The van der Waals surface area contributed by atoms with Crippen LogP contribution in [0.15, 0.2) is 12.4 Å². The number of urea groups is 2. The number of carboxylic acid groups (broad SMARTS) is 1. The Morgan fingerprint density at radius 2 is 1.32 bits per heavy atom. The maximum Gasteiger partial charge on any atom is 0.407 e. The Labute approximate surface area is 236 Å². The standard InChI is InChI=1S/C14H21N5O4.C9H13N5O2.ClH/c1-8-9(6-18(5)17-8)14(10(20)15-11(21)16-14)7-19(12(22)23)13(2,3)4;1-5-6(3-14(2)13-5)9(4-10)7(15)11-8(16)12-9;/h6H,7H2,1-5H3,(H,22,23)(H2,15,16,20,21);3H,4,10H2,1-2H3,(H2,11,12,15,16);1H/t14-;9-;/m00./s1. The summed E-state index contributed by atoms with van der Waals surface area (Å²) in [6, 6.07) is -1.18. The van der Waals surface area contributed by atoms with E-state index in [2.05, 4.69) is 31.5 Å². The van der Waals surface area contributed by atoms with Gasteiger partial charge in [0.2, 0.25) is 0 Å². The van der Waals surface area contributed by atoms with Crippen LogP contribution in [-0.4, -0.2) is 78.2 Å². The molecule has 16 nitrogen and oxygen atoms in total. The number of carbonyl (C=O) groups is 5. The van der Waals surface area contributed by atoms with Crippen LogP contribution in [0.3, 0.4) is 0 Å². The van der Waals surface area contributed by atoms with Gasteiger partial charge in [-0.2, -0.15) is 10.2 Å². The number of rotatable bonds is 5. The monoisotopic (exact) mass is 582 g/mol. The van der Waals surface area contributed by atoms with Crippen LogP contribution in [0.5, 0.6) is 0 Å². The minimum Gasteiger partial charge on any atom is -0.465 e. The number of hydrogen-bond acceptors (Lipinski definition) is 8. The maximum absolute atomic E-state index is 12.5. The smallest absolute Gasteiger partial charge is 0.407 e. The van der Waals surface area contributed by atoms with E-state index in [4.69, 9.17) is 5.73 Å². The highest BCUT2D eigenvalue weighted by Gasteiger charge is 2.52. The first kappa shape index (κ1) is 32.0. The Kier molecular flexibility index (Phi) is 8.91. The third kappa shape index (κ3) is 5.72. The summed E-state index contributed by atoms with van der Waals surface area (Å²) in [5, 5.41) is 27.4. The largest absolute Gasteiger partial charge is 0.465 e. The highest BCUT2D eigenvalue weighted by Crippen LogP contribution is 2.31. The van der Waals surface area contributed by atoms with E-state index in [9.17, 15) is 29.1 Å². The fraction of sp³-hybridized carbons (Fsp3) is 0.522. The molecule has 2 atom stereocenters. The molecule has 0 aliphatic carbocycles. The van der Waals surface area contributed by atoms with Gasteiger partial charge >= 0.3 is 18.2 Å². The Balaban J connectivity index is 0.000000290. The molecule has 2 aromatic rings. The van der Waals surface area contributed by atoms with Gasteiger partial charge in [0.1, 0.15) is 0 Å². The molecule has 0 saturated carbocycles. The van der Waals surface area contributed by atoms with Crippen LogP contribution >= 0.6 is 12.4 Å². The summed E-state index contributed by atoms with van der Waals surface area (Å²) in [6.45, 7) is 8.42. The number of hydrogen-bond donors (Lipinski definition) is 6. The zero-order chi connectivity index (χ0) is 29.5. The number of amides is 7. The van der Waals surface area contributed by atoms with Crippen LogP contribution in [0.4, 0.5) is 14.4 Å². The Morgan fingerprint density at radius 1 is 0.925 bits per heavy atom. The topological polar surface area (TPSA) is 219 Å². The molecule has 0 unspecified atom stereocenters. The number of imide groups is 2. The SMILES string of the molecule is Cc1nn(C)cc1[C@]1(CN(C(=O)O)C(C)(C)C)NC(=O)NC1=O.Cc1nn(C)cc1[C@]1(CN)NC(=O)NC1=O.Cl. The molecule has 2 aliphatic rings. The van der Waals surface area contributed by atoms with Gasteiger partial charge in [-0.05, 0) is 34.6 Å². The minimum absolute atomic E-state index is 0. The van der Waals surface area contributed by atoms with Crippen molar-refractivity contribution in [2.75, 3.05) is 13.1 Å². The second-order valence-electron chi connectivity index (χ2n) is 10.5. The first-order valence-corrected chi connectivity index (χ1v) is 12.0. The molecule has 2 fully saturated rings. The fourth-order valence-electron chi connectivity index (χ4n) is 4.68. The van der Waals surface area contributed by atoms with Gasteiger partial charge in [-0.1, -0.05) is 0 Å². The number of carbonyl (C=O) groups excluding carboxylic acids is 4. The molecule has 2 aliphatic heterocycles. The summed E-state index contributed by atoms with van der Waals surface area (Å²) in [7, 11) is 3.44. The predicted molar refractivity (Wildman–Crippen MR) is 143 cm³/mol. The summed E-state index contributed by atoms with van der Waals surface area (Å²) >= 11 is 0. The van der Waals surface area contributed by atoms with Crippen molar-refractivity contribution in [3.05, 3.63) is 34.9 Å². The van der Waals surface area contributed by atoms with Gasteiger partial charge in [0.15, 0.2) is 11.1 Å². The minimum atomic E-state index is -1.50. The molecule has 4 rings (SSSR count). The number of aryl methyl sites for hydroxylation is 4. The number of halogens is 1. The van der Waals surface area contributed by atoms with Gasteiger partial charge in [0, 0.05) is 49.7 Å². The van der Waals surface area contributed by atoms with E-state index in [0.29, 0.717) is 22.5 Å². The maximum atomic E-state index is 12.5. The van der Waals surface area contributed by atoms with Gasteiger partial charge in [0.05, 0.1) is 17.9 Å². The summed E-state index contributed by atoms with van der Waals surface area (Å²) < 4.78 is 3.10. The zero-order valence-corrected chi connectivity index (χ0v) is 24.1. The second kappa shape index (κ2) is 11.1. The molecule has 0 spiro atoms. The van der Waals surface area contributed by atoms with Crippen molar-refractivity contribution in [1.82, 2.24) is 45.7 Å². The van der Waals surface area contributed by atoms with Crippen molar-refractivity contribution in [3.8, 4) is 0 Å². The summed E-state index contributed by atoms with van der Waals surface area (Å²) in [5.41, 5.74) is 4.50. The molecule has 0 bridgehead atoms. The van der Waals surface area contributed by atoms with E-state index >= 15 is 0 Å². The normalized spacial score (nSPS) is 21.9. The Bertz CT molecular complexity index is 1350. The molecule has 7 amide bonds. The number of aromatic nitrogens is 4. The van der Waals surface area contributed by atoms with Gasteiger partial charge in [-0.15, -0.1) is 12.4 Å². The van der Waals surface area contributed by atoms with Crippen LogP contribution in [0.25, 0.3) is 0 Å². The van der Waals surface area contributed by atoms with Gasteiger partial charge in [-0.3, -0.25) is 29.6 Å². The lowest BCUT2D eigenvalue weighted by molar-refractivity contribution is -0.125. The molecule has 7 N–H and O–H groups in total. The number of nitrogens with one attached hydrogen (secondary N) is 4. The highest BCUT2D eigenvalue weighted by molar-refractivity contribution is 6.08. The van der Waals surface area contributed by atoms with E-state index in [1.807, 2.05) is 0 Å². The van der Waals surface area contributed by atoms with Crippen LogP contribution < -0.4 is 27.0 Å². The van der Waals surface area contributed by atoms with Crippen molar-refractivity contribution >= 4 is 42.4 Å². The highest BCUT2D eigenvalue weighted by atomic mass is 35.5. The van der Waals surface area contributed by atoms with E-state index in [0.717, 1.165) is 4.90 Å². The Morgan fingerprint density at radius 3 is 1.60 bits per heavy atom. The zero-order valence-electron chi connectivity index (χ0n) is 23.3. The van der Waals surface area contributed by atoms with Crippen molar-refractivity contribution in [2.24, 2.45) is 19.8 Å². The van der Waals surface area contributed by atoms with Gasteiger partial charge < -0.3 is 26.4 Å². The molecular weight excluding hydrogens is 548 g/mol. The Hall–Kier alpha value is -4.18. The summed E-state index contributed by atoms with van der Waals surface area (Å²) in [4.78, 5) is 60.0. The van der Waals surface area contributed by atoms with Crippen LogP contribution in [0.2, 0.25) is 0 Å². The fourth-order valence-corrected chi connectivity index (χ4v) is 4.68. The molecular formula is C23H35ClN10O6. The van der Waals surface area contributed by atoms with Crippen LogP contribution in [0, 0.1) is 13.8 Å². The second-order valence-corrected chi connectivity index (χ2v) is 10.5. The van der Waals surface area contributed by atoms with Crippen molar-refractivity contribution in [1.29, 1.82) is 0 Å². The van der Waals surface area contributed by atoms with Crippen molar-refractivity contribution < 1.29 is 29.1 Å². The lowest BCUT2D eigenvalue weighted by Gasteiger charge is -2.39. The third-order valence-electron chi connectivity index (χ3n) is 6.57. The van der Waals surface area contributed by atoms with Gasteiger partial charge in [0.25, 0.3) is 11.8 Å². The third-order valence-corrected chi connectivity index (χ3v) is 6.57. The molecule has 2 saturated heterocycles. The first-order chi connectivity index (χ1) is 18.0. The lowest BCUT2D eigenvalue weighted by Crippen LogP contribution is -2.58. The lowest BCUT2D eigenvalue weighted by atomic mass is 9.88. The average molecular weight is 583 g/mol. The molecule has 2 aromatic heterocycles. The molecule has 4 heterocycles. The summed E-state index contributed by atoms with van der Waals surface area (Å²) in [6.07, 6.45) is 2.13. The summed E-state index contributed by atoms with van der Waals surface area (Å²) in [5.74, 6) is -1.02. The van der Waals surface area contributed by atoms with Crippen LogP contribution in [0.1, 0.15) is 43.3 Å². The van der Waals surface area contributed by atoms with E-state index in [1.54, 1.807) is 65.8 Å². The molecule has 40 heavy (non-hydrogen) atoms. The van der Waals surface area contributed by atoms with E-state index in [1.165, 1.54) is 4.68 Å². The predicted octanol–water partition coefficient (Wildman–Crippen LogP) is -0.315. The number of nitrogens with two attached hydrogens (primary N) is 1. The van der Waals surface area contributed by atoms with Crippen molar-refractivity contribution in [2.45, 2.75) is 51.2 Å². The number of nitrogens with zero attached hydrogens (tertiary/aromatic N) is 5. The molecule has 0 radical (unpaired) electrons. The van der Waals surface area contributed by atoms with E-state index in [-0.39, 0.29) is 25.5 Å². The first-order valence-electron chi connectivity index (χ1n) is 12.0. The van der Waals surface area contributed by atoms with Gasteiger partial charge in [-0.25, -0.2) is 14.4 Å². The van der Waals surface area contributed by atoms with Crippen molar-refractivity contribution in [3.63, 3.8) is 0 Å². The van der Waals surface area contributed by atoms with E-state index < -0.39 is 46.6 Å². The van der Waals surface area contributed by atoms with Crippen LogP contribution in [-0.2, 0) is 34.8 Å². The quantitative estimate of drug-likeness (QED) is 0.254. The average Bonchev–Trinajstić information content (AvgIpc) is 3.50. The molecule has 0 aromatic carbocycles. The molecule has 17 heteroatoms.